The molecule has 1 aliphatic heterocycles. The maximum atomic E-state index is 4.71. The molecule has 20 heavy (non-hydrogen) atoms. The smallest absolute Gasteiger partial charge is 0.146 e. The number of nitrogens with one attached hydrogen (secondary N) is 2. The van der Waals surface area contributed by atoms with Crippen molar-refractivity contribution in [2.45, 2.75) is 13.0 Å². The van der Waals surface area contributed by atoms with Crippen LogP contribution in [0.25, 0.3) is 20.7 Å². The van der Waals surface area contributed by atoms with Gasteiger partial charge < -0.3 is 0 Å². The molecule has 3 aromatic rings. The molecule has 102 valence electrons. The minimum atomic E-state index is 0.281. The van der Waals surface area contributed by atoms with Gasteiger partial charge in [-0.1, -0.05) is 0 Å². The Morgan fingerprint density at radius 2 is 2.30 bits per heavy atom. The van der Waals surface area contributed by atoms with E-state index in [2.05, 4.69) is 26.6 Å². The molecule has 0 saturated carbocycles. The molecule has 7 heteroatoms. The highest BCUT2D eigenvalue weighted by Crippen LogP contribution is 2.34. The minimum absolute atomic E-state index is 0.281. The monoisotopic (exact) mass is 303 g/mol. The molecule has 4 heterocycles. The van der Waals surface area contributed by atoms with E-state index in [1.165, 1.54) is 4.88 Å². The summed E-state index contributed by atoms with van der Waals surface area (Å²) in [6.07, 6.45) is 3.80. The second-order valence-electron chi connectivity index (χ2n) is 4.77. The molecular weight excluding hydrogens is 290 g/mol. The van der Waals surface area contributed by atoms with Crippen LogP contribution in [0.2, 0.25) is 0 Å². The van der Waals surface area contributed by atoms with Crippen molar-refractivity contribution in [2.24, 2.45) is 0 Å². The van der Waals surface area contributed by atoms with E-state index in [1.54, 1.807) is 11.3 Å². The maximum Gasteiger partial charge on any atom is 0.146 e. The Bertz CT molecular complexity index is 757. The second kappa shape index (κ2) is 4.83. The predicted octanol–water partition coefficient (Wildman–Crippen LogP) is 2.72. The summed E-state index contributed by atoms with van der Waals surface area (Å²) in [6.45, 7) is 2.03. The number of hydrogen-bond acceptors (Lipinski definition) is 6. The summed E-state index contributed by atoms with van der Waals surface area (Å²) in [4.78, 5) is 10.4. The van der Waals surface area contributed by atoms with Crippen LogP contribution >= 0.6 is 23.1 Å². The van der Waals surface area contributed by atoms with E-state index in [-0.39, 0.29) is 6.04 Å². The van der Waals surface area contributed by atoms with Gasteiger partial charge in [0.15, 0.2) is 0 Å². The number of hydrogen-bond donors (Lipinski definition) is 2. The van der Waals surface area contributed by atoms with Crippen LogP contribution < -0.4 is 5.32 Å². The highest BCUT2D eigenvalue weighted by Gasteiger charge is 2.20. The summed E-state index contributed by atoms with van der Waals surface area (Å²) >= 11 is 3.60. The zero-order valence-corrected chi connectivity index (χ0v) is 12.5. The van der Waals surface area contributed by atoms with Crippen LogP contribution in [0.5, 0.6) is 0 Å². The van der Waals surface area contributed by atoms with Gasteiger partial charge >= 0.3 is 0 Å². The molecule has 5 nitrogen and oxygen atoms in total. The average molecular weight is 303 g/mol. The first-order valence-electron chi connectivity index (χ1n) is 6.39. The average Bonchev–Trinajstić information content (AvgIpc) is 3.17. The molecule has 1 saturated heterocycles. The van der Waals surface area contributed by atoms with Crippen LogP contribution in [0.15, 0.2) is 18.5 Å². The van der Waals surface area contributed by atoms with Crippen molar-refractivity contribution in [2.75, 3.05) is 11.6 Å². The summed E-state index contributed by atoms with van der Waals surface area (Å²) in [5.41, 5.74) is 3.25. The molecule has 1 aliphatic rings. The van der Waals surface area contributed by atoms with E-state index in [9.17, 15) is 0 Å². The Morgan fingerprint density at radius 1 is 1.35 bits per heavy atom. The van der Waals surface area contributed by atoms with E-state index in [0.717, 1.165) is 38.9 Å². The molecule has 0 aliphatic carbocycles. The Kier molecular flexibility index (Phi) is 2.98. The summed E-state index contributed by atoms with van der Waals surface area (Å²) < 4.78 is 1.12. The van der Waals surface area contributed by atoms with Gasteiger partial charge in [0.2, 0.25) is 0 Å². The van der Waals surface area contributed by atoms with E-state index < -0.39 is 0 Å². The SMILES string of the molecule is Cc1[nH]ncc1-c1cc2nc([C@@H]3CSCN3)ncc2s1. The van der Waals surface area contributed by atoms with Crippen molar-refractivity contribution in [3.63, 3.8) is 0 Å². The molecular formula is C13H13N5S2. The number of H-pyrrole nitrogens is 1. The van der Waals surface area contributed by atoms with Crippen molar-refractivity contribution in [3.8, 4) is 10.4 Å². The van der Waals surface area contributed by atoms with Gasteiger partial charge in [0, 0.05) is 34.0 Å². The highest BCUT2D eigenvalue weighted by molar-refractivity contribution is 7.99. The molecule has 1 fully saturated rings. The first kappa shape index (κ1) is 12.3. The number of aryl methyl sites for hydroxylation is 1. The van der Waals surface area contributed by atoms with Gasteiger partial charge in [0.25, 0.3) is 0 Å². The number of aromatic amines is 1. The molecule has 0 spiro atoms. The summed E-state index contributed by atoms with van der Waals surface area (Å²) in [6, 6.07) is 2.41. The van der Waals surface area contributed by atoms with Crippen molar-refractivity contribution in [3.05, 3.63) is 30.0 Å². The topological polar surface area (TPSA) is 66.5 Å². The van der Waals surface area contributed by atoms with Gasteiger partial charge in [-0.3, -0.25) is 10.4 Å². The van der Waals surface area contributed by atoms with Crippen LogP contribution in [0.3, 0.4) is 0 Å². The molecule has 0 bridgehead atoms. The molecule has 0 aromatic carbocycles. The quantitative estimate of drug-likeness (QED) is 0.762. The lowest BCUT2D eigenvalue weighted by Crippen LogP contribution is -2.17. The zero-order chi connectivity index (χ0) is 13.5. The normalized spacial score (nSPS) is 18.9. The first-order chi connectivity index (χ1) is 9.81. The fraction of sp³-hybridized carbons (Fsp3) is 0.308. The Balaban J connectivity index is 1.77. The number of thioether (sulfide) groups is 1. The number of aromatic nitrogens is 4. The van der Waals surface area contributed by atoms with Crippen molar-refractivity contribution < 1.29 is 0 Å². The molecule has 2 N–H and O–H groups in total. The molecule has 0 amide bonds. The van der Waals surface area contributed by atoms with Crippen molar-refractivity contribution >= 4 is 33.3 Å². The molecule has 4 rings (SSSR count). The van der Waals surface area contributed by atoms with E-state index >= 15 is 0 Å². The first-order valence-corrected chi connectivity index (χ1v) is 8.36. The fourth-order valence-corrected chi connectivity index (χ4v) is 4.29. The number of fused-ring (bicyclic) bond motifs is 1. The molecule has 3 aromatic heterocycles. The van der Waals surface area contributed by atoms with Gasteiger partial charge in [0.05, 0.1) is 22.5 Å². The number of thiophene rings is 1. The van der Waals surface area contributed by atoms with Gasteiger partial charge in [-0.2, -0.15) is 5.10 Å². The standard InChI is InChI=1S/C13H13N5S2/c1-7-8(3-16-18-7)11-2-9-12(20-11)4-14-13(17-9)10-5-19-6-15-10/h2-4,10,15H,5-6H2,1H3,(H,16,18)/t10-/m0/s1. The fourth-order valence-electron chi connectivity index (χ4n) is 2.31. The lowest BCUT2D eigenvalue weighted by Gasteiger charge is -2.06. The van der Waals surface area contributed by atoms with Crippen LogP contribution in [0.1, 0.15) is 17.6 Å². The third kappa shape index (κ3) is 2.02. The largest absolute Gasteiger partial charge is 0.298 e. The van der Waals surface area contributed by atoms with E-state index in [4.69, 9.17) is 4.98 Å². The number of rotatable bonds is 2. The van der Waals surface area contributed by atoms with Gasteiger partial charge in [-0.25, -0.2) is 9.97 Å². The summed E-state index contributed by atoms with van der Waals surface area (Å²) in [5.74, 6) is 2.93. The van der Waals surface area contributed by atoms with Crippen LogP contribution in [-0.4, -0.2) is 31.8 Å². The molecule has 0 unspecified atom stereocenters. The third-order valence-corrected chi connectivity index (χ3v) is 5.44. The third-order valence-electron chi connectivity index (χ3n) is 3.41. The lowest BCUT2D eigenvalue weighted by molar-refractivity contribution is 0.636. The molecule has 0 radical (unpaired) electrons. The summed E-state index contributed by atoms with van der Waals surface area (Å²) in [7, 11) is 0. The van der Waals surface area contributed by atoms with Gasteiger partial charge in [0.1, 0.15) is 5.82 Å². The second-order valence-corrected chi connectivity index (χ2v) is 6.88. The Hall–Kier alpha value is -1.44. The Morgan fingerprint density at radius 3 is 3.05 bits per heavy atom. The molecule has 1 atom stereocenters. The highest BCUT2D eigenvalue weighted by atomic mass is 32.2. The predicted molar refractivity (Wildman–Crippen MR) is 82.9 cm³/mol. The van der Waals surface area contributed by atoms with E-state index in [1.807, 2.05) is 31.1 Å². The van der Waals surface area contributed by atoms with Gasteiger partial charge in [-0.05, 0) is 13.0 Å². The number of nitrogens with zero attached hydrogens (tertiary/aromatic N) is 3. The Labute approximate surface area is 124 Å². The zero-order valence-electron chi connectivity index (χ0n) is 10.9. The van der Waals surface area contributed by atoms with Crippen LogP contribution in [0.4, 0.5) is 0 Å². The van der Waals surface area contributed by atoms with E-state index in [0.29, 0.717) is 0 Å². The summed E-state index contributed by atoms with van der Waals surface area (Å²) in [5, 5.41) is 10.5. The minimum Gasteiger partial charge on any atom is -0.298 e. The van der Waals surface area contributed by atoms with Crippen LogP contribution in [-0.2, 0) is 0 Å². The maximum absolute atomic E-state index is 4.71. The van der Waals surface area contributed by atoms with Gasteiger partial charge in [-0.15, -0.1) is 23.1 Å². The van der Waals surface area contributed by atoms with Crippen molar-refractivity contribution in [1.82, 2.24) is 25.5 Å². The van der Waals surface area contributed by atoms with Crippen LogP contribution in [0, 0.1) is 6.92 Å². The lowest BCUT2D eigenvalue weighted by atomic mass is 10.2. The van der Waals surface area contributed by atoms with Crippen molar-refractivity contribution in [1.29, 1.82) is 0 Å².